The molecule has 0 bridgehead atoms. The molecule has 0 aliphatic carbocycles. The molecule has 5 aromatic carbocycles. The number of hydrogen-bond donors (Lipinski definition) is 4. The summed E-state index contributed by atoms with van der Waals surface area (Å²) in [7, 11) is 0. The van der Waals surface area contributed by atoms with Gasteiger partial charge in [-0.2, -0.15) is 20.5 Å². The second kappa shape index (κ2) is 26.5. The van der Waals surface area contributed by atoms with Crippen LogP contribution in [-0.2, 0) is 37.9 Å². The molecule has 0 aromatic heterocycles. The first-order valence-electron chi connectivity index (χ1n) is 21.6. The number of ether oxygens (including phenoxy) is 2. The van der Waals surface area contributed by atoms with E-state index in [4.69, 9.17) is 67.5 Å². The van der Waals surface area contributed by atoms with Crippen molar-refractivity contribution >= 4 is 127 Å². The number of rotatable bonds is 23. The number of carbonyl (C=O) groups excluding carboxylic acids is 6. The molecule has 0 saturated carbocycles. The van der Waals surface area contributed by atoms with Gasteiger partial charge in [0, 0.05) is 50.2 Å². The van der Waals surface area contributed by atoms with Gasteiger partial charge in [0.1, 0.15) is 11.5 Å². The Kier molecular flexibility index (Phi) is 20.7. The van der Waals surface area contributed by atoms with E-state index in [-0.39, 0.29) is 49.8 Å². The Morgan fingerprint density at radius 3 is 1.41 bits per heavy atom. The van der Waals surface area contributed by atoms with E-state index in [2.05, 4.69) is 41.7 Å². The van der Waals surface area contributed by atoms with E-state index in [0.29, 0.717) is 66.3 Å². The molecule has 2 unspecified atom stereocenters. The van der Waals surface area contributed by atoms with Crippen molar-refractivity contribution in [1.82, 2.24) is 0 Å². The Hall–Kier alpha value is -6.43. The van der Waals surface area contributed by atoms with Gasteiger partial charge in [0.15, 0.2) is 11.6 Å². The first kappa shape index (κ1) is 54.5. The zero-order valence-corrected chi connectivity index (χ0v) is 42.0. The Morgan fingerprint density at radius 1 is 0.543 bits per heavy atom. The van der Waals surface area contributed by atoms with Gasteiger partial charge >= 0.3 is 0 Å². The molecule has 16 nitrogen and oxygen atoms in total. The van der Waals surface area contributed by atoms with Crippen molar-refractivity contribution in [2.24, 2.45) is 20.5 Å². The minimum absolute atomic E-state index is 0.0835. The molecule has 0 heterocycles. The van der Waals surface area contributed by atoms with Crippen molar-refractivity contribution < 1.29 is 38.2 Å². The molecule has 21 heteroatoms. The first-order chi connectivity index (χ1) is 33.5. The third-order valence-corrected chi connectivity index (χ3v) is 11.0. The molecular formula is C49H47Cl5N8O8. The lowest BCUT2D eigenvalue weighted by molar-refractivity contribution is -0.127. The minimum Gasteiger partial charge on any atom is -0.492 e. The number of anilines is 4. The largest absolute Gasteiger partial charge is 0.492 e. The Morgan fingerprint density at radius 2 is 1.00 bits per heavy atom. The van der Waals surface area contributed by atoms with Crippen LogP contribution in [0.25, 0.3) is 0 Å². The molecule has 0 radical (unpaired) electrons. The number of alkyl halides is 3. The number of Topliss-reactive ketones (excluding diaryl/α,β-unsaturated/α-hetero) is 2. The van der Waals surface area contributed by atoms with Gasteiger partial charge in [0.2, 0.25) is 12.1 Å². The molecule has 0 spiro atoms. The van der Waals surface area contributed by atoms with E-state index in [1.807, 2.05) is 26.0 Å². The summed E-state index contributed by atoms with van der Waals surface area (Å²) in [5, 5.41) is 27.3. The molecule has 5 aromatic rings. The van der Waals surface area contributed by atoms with Crippen molar-refractivity contribution in [2.45, 2.75) is 58.5 Å². The summed E-state index contributed by atoms with van der Waals surface area (Å²) in [6.45, 7) is 6.68. The summed E-state index contributed by atoms with van der Waals surface area (Å²) in [5.74, 6) is -2.55. The summed E-state index contributed by atoms with van der Waals surface area (Å²) >= 11 is 30.8. The maximum Gasteiger partial charge on any atom is 0.258 e. The third kappa shape index (κ3) is 15.5. The number of nitrogens with one attached hydrogen (secondary N) is 4. The fourth-order valence-electron chi connectivity index (χ4n) is 6.56. The quantitative estimate of drug-likeness (QED) is 0.0279. The zero-order chi connectivity index (χ0) is 50.9. The Labute approximate surface area is 428 Å². The molecule has 366 valence electrons. The molecular weight excluding hydrogens is 1010 g/mol. The number of halogens is 5. The zero-order valence-electron chi connectivity index (χ0n) is 38.2. The van der Waals surface area contributed by atoms with Crippen molar-refractivity contribution in [3.63, 3.8) is 0 Å². The highest BCUT2D eigenvalue weighted by atomic mass is 35.5. The van der Waals surface area contributed by atoms with E-state index in [0.717, 1.165) is 25.0 Å². The molecule has 70 heavy (non-hydrogen) atoms. The second-order valence-electron chi connectivity index (χ2n) is 15.2. The van der Waals surface area contributed by atoms with Crippen LogP contribution in [0.15, 0.2) is 111 Å². The van der Waals surface area contributed by atoms with E-state index in [1.165, 1.54) is 54.6 Å². The molecule has 4 N–H and O–H groups in total. The highest BCUT2D eigenvalue weighted by molar-refractivity contribution is 6.32. The highest BCUT2D eigenvalue weighted by Crippen LogP contribution is 2.31. The molecule has 0 aliphatic rings. The predicted octanol–water partition coefficient (Wildman–Crippen LogP) is 12.0. The Balaban J connectivity index is 1.27. The highest BCUT2D eigenvalue weighted by Gasteiger charge is 2.26. The van der Waals surface area contributed by atoms with Gasteiger partial charge < -0.3 is 30.7 Å². The molecule has 0 fully saturated rings. The lowest BCUT2D eigenvalue weighted by atomic mass is 10.1. The molecule has 5 rings (SSSR count). The fraction of sp³-hybridized carbons (Fsp3) is 0.265. The van der Waals surface area contributed by atoms with Crippen LogP contribution in [0.2, 0.25) is 10.0 Å². The summed E-state index contributed by atoms with van der Waals surface area (Å²) in [4.78, 5) is 79.1. The van der Waals surface area contributed by atoms with Crippen molar-refractivity contribution in [3.8, 4) is 11.5 Å². The maximum absolute atomic E-state index is 13.5. The summed E-state index contributed by atoms with van der Waals surface area (Å²) in [6.07, 6.45) is 1.14. The van der Waals surface area contributed by atoms with Crippen LogP contribution in [-0.4, -0.2) is 72.3 Å². The number of benzene rings is 5. The average Bonchev–Trinajstić information content (AvgIpc) is 3.31. The number of aryl methyl sites for hydroxylation is 2. The molecule has 0 saturated heterocycles. The van der Waals surface area contributed by atoms with Gasteiger partial charge in [-0.25, -0.2) is 0 Å². The standard InChI is InChI=1S/C49H47Cl5N8O8/c1-5-69-42-11-7-29(13-15-50)17-40(42)57-46(65)31-19-34(53)24-37(21-31)59-61-44(27(3)63)48(67)55-36-9-10-39(33(23-36)26-52)56-49(68)45(28(4)64)62-60-38-22-32(20-35(54)25-38)47(66)58-41-18-30(14-16-51)8-12-43(41)70-6-2/h7-12,17-25,44-45H,5-6,13-16,26H2,1-4H3,(H,55,67)(H,56,68)(H,57,65)(H,58,66). The maximum atomic E-state index is 13.5. The summed E-state index contributed by atoms with van der Waals surface area (Å²) in [6, 6.07) is 20.2. The van der Waals surface area contributed by atoms with Crippen LogP contribution in [0, 0.1) is 0 Å². The lowest BCUT2D eigenvalue weighted by Crippen LogP contribution is -2.32. The number of hydrogen-bond acceptors (Lipinski definition) is 12. The average molecular weight is 1050 g/mol. The number of ketones is 2. The lowest BCUT2D eigenvalue weighted by Gasteiger charge is -2.15. The number of nitrogens with zero attached hydrogens (tertiary/aromatic N) is 4. The summed E-state index contributed by atoms with van der Waals surface area (Å²) < 4.78 is 11.4. The smallest absolute Gasteiger partial charge is 0.258 e. The molecule has 2 atom stereocenters. The van der Waals surface area contributed by atoms with Crippen LogP contribution < -0.4 is 30.7 Å². The van der Waals surface area contributed by atoms with Gasteiger partial charge in [-0.1, -0.05) is 35.3 Å². The predicted molar refractivity (Wildman–Crippen MR) is 274 cm³/mol. The van der Waals surface area contributed by atoms with Crippen LogP contribution in [0.5, 0.6) is 11.5 Å². The number of azo groups is 2. The van der Waals surface area contributed by atoms with Crippen LogP contribution in [0.4, 0.5) is 34.1 Å². The monoisotopic (exact) mass is 1050 g/mol. The van der Waals surface area contributed by atoms with Crippen LogP contribution in [0.1, 0.15) is 65.1 Å². The van der Waals surface area contributed by atoms with Crippen molar-refractivity contribution in [2.75, 3.05) is 46.2 Å². The first-order valence-corrected chi connectivity index (χ1v) is 23.9. The van der Waals surface area contributed by atoms with Crippen molar-refractivity contribution in [1.29, 1.82) is 0 Å². The van der Waals surface area contributed by atoms with E-state index >= 15 is 0 Å². The fourth-order valence-corrected chi connectivity index (χ4v) is 7.67. The van der Waals surface area contributed by atoms with Gasteiger partial charge in [-0.15, -0.1) is 34.8 Å². The summed E-state index contributed by atoms with van der Waals surface area (Å²) in [5.41, 5.74) is 3.71. The van der Waals surface area contributed by atoms with Gasteiger partial charge in [0.05, 0.1) is 36.0 Å². The normalized spacial score (nSPS) is 12.0. The van der Waals surface area contributed by atoms with Crippen LogP contribution in [0.3, 0.4) is 0 Å². The second-order valence-corrected chi connectivity index (χ2v) is 17.0. The van der Waals surface area contributed by atoms with Crippen molar-refractivity contribution in [3.05, 3.63) is 129 Å². The molecule has 0 aliphatic heterocycles. The van der Waals surface area contributed by atoms with Gasteiger partial charge in [-0.3, -0.25) is 28.8 Å². The molecule has 4 amide bonds. The van der Waals surface area contributed by atoms with Gasteiger partial charge in [0.25, 0.3) is 23.6 Å². The SMILES string of the molecule is CCOc1ccc(CCCl)cc1NC(=O)c1cc(Cl)cc(N=NC(C(C)=O)C(=O)Nc2ccc(NC(=O)C(N=Nc3cc(Cl)cc(C(=O)Nc4cc(CCCl)ccc4OCC)c3)C(C)=O)c(CCl)c2)c1. The van der Waals surface area contributed by atoms with E-state index < -0.39 is 47.3 Å². The number of amides is 4. The third-order valence-electron chi connectivity index (χ3n) is 9.86. The number of carbonyl (C=O) groups is 6. The minimum atomic E-state index is -1.63. The van der Waals surface area contributed by atoms with E-state index in [1.54, 1.807) is 24.3 Å². The topological polar surface area (TPSA) is 218 Å². The van der Waals surface area contributed by atoms with E-state index in [9.17, 15) is 28.8 Å². The van der Waals surface area contributed by atoms with Crippen LogP contribution >= 0.6 is 58.0 Å². The Bertz CT molecular complexity index is 2830. The van der Waals surface area contributed by atoms with Gasteiger partial charge in [-0.05, 0) is 136 Å².